The third-order valence-electron chi connectivity index (χ3n) is 5.41. The van der Waals surface area contributed by atoms with Gasteiger partial charge in [-0.15, -0.1) is 0 Å². The molecule has 1 aliphatic rings. The van der Waals surface area contributed by atoms with Crippen molar-refractivity contribution in [3.05, 3.63) is 53.7 Å². The van der Waals surface area contributed by atoms with Crippen LogP contribution in [0.15, 0.2) is 42.6 Å². The lowest BCUT2D eigenvalue weighted by atomic mass is 10.0. The highest BCUT2D eigenvalue weighted by atomic mass is 16.3. The third-order valence-corrected chi connectivity index (χ3v) is 5.41. The fraction of sp³-hybridized carbons (Fsp3) is 0.360. The molecule has 3 nitrogen and oxygen atoms in total. The van der Waals surface area contributed by atoms with E-state index in [4.69, 9.17) is 0 Å². The molecular formula is C25H32N2O. The van der Waals surface area contributed by atoms with Gasteiger partial charge in [-0.3, -0.25) is 0 Å². The predicted molar refractivity (Wildman–Crippen MR) is 121 cm³/mol. The highest BCUT2D eigenvalue weighted by molar-refractivity contribution is 6.02. The number of benzene rings is 2. The van der Waals surface area contributed by atoms with Crippen molar-refractivity contribution in [3.8, 4) is 17.0 Å². The number of phenols is 1. The van der Waals surface area contributed by atoms with Gasteiger partial charge in [0.2, 0.25) is 0 Å². The Hall–Kier alpha value is -2.68. The Bertz CT molecular complexity index is 1110. The van der Waals surface area contributed by atoms with Crippen molar-refractivity contribution in [2.24, 2.45) is 0 Å². The maximum absolute atomic E-state index is 10.3. The van der Waals surface area contributed by atoms with Gasteiger partial charge in [0.25, 0.3) is 0 Å². The number of hydrogen-bond donors (Lipinski definition) is 1. The van der Waals surface area contributed by atoms with Crippen LogP contribution in [0.3, 0.4) is 0 Å². The van der Waals surface area contributed by atoms with Gasteiger partial charge in [-0.2, -0.15) is 0 Å². The molecule has 0 saturated carbocycles. The topological polar surface area (TPSA) is 30.1 Å². The predicted octanol–water partition coefficient (Wildman–Crippen LogP) is 7.04. The summed E-state index contributed by atoms with van der Waals surface area (Å²) in [7, 11) is 0. The monoisotopic (exact) mass is 376 g/mol. The zero-order valence-electron chi connectivity index (χ0n) is 18.0. The minimum atomic E-state index is 0.365. The number of aromatic hydroxyl groups is 1. The largest absolute Gasteiger partial charge is 0.507 e. The highest BCUT2D eigenvalue weighted by Gasteiger charge is 2.22. The van der Waals surface area contributed by atoms with E-state index < -0.39 is 0 Å². The summed E-state index contributed by atoms with van der Waals surface area (Å²) in [6.07, 6.45) is 3.19. The molecule has 148 valence electrons. The molecule has 1 aliphatic heterocycles. The minimum Gasteiger partial charge on any atom is -0.507 e. The third kappa shape index (κ3) is 2.99. The van der Waals surface area contributed by atoms with Gasteiger partial charge < -0.3 is 14.2 Å². The molecular weight excluding hydrogens is 344 g/mol. The van der Waals surface area contributed by atoms with Gasteiger partial charge in [0.1, 0.15) is 5.75 Å². The second-order valence-electron chi connectivity index (χ2n) is 6.90. The molecule has 0 amide bonds. The maximum atomic E-state index is 10.3. The molecule has 28 heavy (non-hydrogen) atoms. The molecule has 0 bridgehead atoms. The summed E-state index contributed by atoms with van der Waals surface area (Å²) in [6, 6.07) is 12.7. The summed E-state index contributed by atoms with van der Waals surface area (Å²) in [6.45, 7) is 14.4. The maximum Gasteiger partial charge on any atom is 0.124 e. The molecule has 0 radical (unpaired) electrons. The molecule has 5 rings (SSSR count). The number of hydrogen-bond acceptors (Lipinski definition) is 1. The molecule has 0 aliphatic carbocycles. The summed E-state index contributed by atoms with van der Waals surface area (Å²) < 4.78 is 4.76. The Balaban J connectivity index is 0.000000531. The van der Waals surface area contributed by atoms with Crippen molar-refractivity contribution < 1.29 is 5.11 Å². The summed E-state index contributed by atoms with van der Waals surface area (Å²) in [5.74, 6) is 0.365. The Kier molecular flexibility index (Phi) is 5.83. The molecule has 3 heterocycles. The van der Waals surface area contributed by atoms with Crippen molar-refractivity contribution in [2.75, 3.05) is 0 Å². The fourth-order valence-corrected chi connectivity index (χ4v) is 4.30. The lowest BCUT2D eigenvalue weighted by Crippen LogP contribution is -2.09. The first-order valence-corrected chi connectivity index (χ1v) is 10.6. The molecule has 3 heteroatoms. The molecule has 0 atom stereocenters. The van der Waals surface area contributed by atoms with Crippen molar-refractivity contribution in [3.63, 3.8) is 0 Å². The lowest BCUT2D eigenvalue weighted by Gasteiger charge is -2.19. The van der Waals surface area contributed by atoms with Crippen molar-refractivity contribution in [1.29, 1.82) is 0 Å². The number of phenolic OH excluding ortho intramolecular Hbond substituents is 1. The lowest BCUT2D eigenvalue weighted by molar-refractivity contribution is 0.481. The molecule has 0 fully saturated rings. The van der Waals surface area contributed by atoms with E-state index in [0.29, 0.717) is 5.75 Å². The quantitative estimate of drug-likeness (QED) is 0.350. The summed E-state index contributed by atoms with van der Waals surface area (Å²) in [4.78, 5) is 0. The number of rotatable bonds is 0. The van der Waals surface area contributed by atoms with E-state index in [-0.39, 0.29) is 0 Å². The van der Waals surface area contributed by atoms with Crippen LogP contribution >= 0.6 is 0 Å². The van der Waals surface area contributed by atoms with Gasteiger partial charge in [-0.05, 0) is 55.7 Å². The smallest absolute Gasteiger partial charge is 0.124 e. The van der Waals surface area contributed by atoms with Gasteiger partial charge in [-0.1, -0.05) is 39.8 Å². The molecule has 0 spiro atoms. The van der Waals surface area contributed by atoms with E-state index in [0.717, 1.165) is 30.4 Å². The molecule has 0 unspecified atom stereocenters. The average molecular weight is 377 g/mol. The zero-order chi connectivity index (χ0) is 20.4. The number of nitrogens with zero attached hydrogens (tertiary/aromatic N) is 2. The summed E-state index contributed by atoms with van der Waals surface area (Å²) in [5.41, 5.74) is 7.61. The number of aromatic nitrogens is 2. The highest BCUT2D eigenvalue weighted by Crippen LogP contribution is 2.41. The van der Waals surface area contributed by atoms with Crippen LogP contribution in [0.25, 0.3) is 33.1 Å². The minimum absolute atomic E-state index is 0.365. The fourth-order valence-electron chi connectivity index (χ4n) is 4.30. The van der Waals surface area contributed by atoms with E-state index in [1.165, 1.54) is 33.3 Å². The van der Waals surface area contributed by atoms with Crippen molar-refractivity contribution >= 4 is 21.8 Å². The van der Waals surface area contributed by atoms with Crippen molar-refractivity contribution in [1.82, 2.24) is 9.13 Å². The summed E-state index contributed by atoms with van der Waals surface area (Å²) in [5, 5.41) is 12.5. The van der Waals surface area contributed by atoms with E-state index in [2.05, 4.69) is 53.4 Å². The Morgan fingerprint density at radius 2 is 1.61 bits per heavy atom. The van der Waals surface area contributed by atoms with Gasteiger partial charge in [0, 0.05) is 41.1 Å². The van der Waals surface area contributed by atoms with Crippen molar-refractivity contribution in [2.45, 2.75) is 61.1 Å². The van der Waals surface area contributed by atoms with Crippen LogP contribution in [0.1, 0.15) is 45.2 Å². The first kappa shape index (κ1) is 20.1. The van der Waals surface area contributed by atoms with E-state index in [1.54, 1.807) is 0 Å². The molecule has 0 saturated heterocycles. The second-order valence-corrected chi connectivity index (χ2v) is 6.90. The summed E-state index contributed by atoms with van der Waals surface area (Å²) >= 11 is 0. The van der Waals surface area contributed by atoms with Gasteiger partial charge in [0.05, 0.1) is 11.2 Å². The van der Waals surface area contributed by atoms with Crippen LogP contribution in [-0.4, -0.2) is 14.2 Å². The second kappa shape index (κ2) is 8.14. The van der Waals surface area contributed by atoms with Crippen LogP contribution in [-0.2, 0) is 13.1 Å². The molecule has 2 aromatic carbocycles. The average Bonchev–Trinajstić information content (AvgIpc) is 3.24. The number of fused-ring (bicyclic) bond motifs is 4. The molecule has 4 aromatic rings. The normalized spacial score (nSPS) is 12.4. The van der Waals surface area contributed by atoms with Gasteiger partial charge in [0.15, 0.2) is 0 Å². The SMILES string of the molecule is CC.CC.Cc1ccc2c(C)c3n(c2c1)CCCn1ccc2c(O)ccc-3c21. The number of aryl methyl sites for hydroxylation is 4. The Morgan fingerprint density at radius 1 is 0.857 bits per heavy atom. The Morgan fingerprint density at radius 3 is 2.36 bits per heavy atom. The molecule has 2 aromatic heterocycles. The van der Waals surface area contributed by atoms with Crippen LogP contribution in [0.5, 0.6) is 5.75 Å². The first-order valence-electron chi connectivity index (χ1n) is 10.6. The van der Waals surface area contributed by atoms with Crippen LogP contribution < -0.4 is 0 Å². The van der Waals surface area contributed by atoms with Gasteiger partial charge >= 0.3 is 0 Å². The van der Waals surface area contributed by atoms with E-state index in [9.17, 15) is 5.11 Å². The van der Waals surface area contributed by atoms with E-state index in [1.807, 2.05) is 39.8 Å². The Labute approximate surface area is 168 Å². The molecule has 1 N–H and O–H groups in total. The zero-order valence-corrected chi connectivity index (χ0v) is 18.0. The van der Waals surface area contributed by atoms with Crippen LogP contribution in [0.4, 0.5) is 0 Å². The van der Waals surface area contributed by atoms with Crippen LogP contribution in [0, 0.1) is 13.8 Å². The first-order chi connectivity index (χ1) is 13.6. The van der Waals surface area contributed by atoms with E-state index >= 15 is 0 Å². The standard InChI is InChI=1S/C21H20N2O.2C2H6/c1-13-4-5-15-14(2)20-17-6-7-19(24)16-8-11-22(21(16)17)9-3-10-23(20)18(15)12-13;2*1-2/h4-8,11-12,24H,3,9-10H2,1-2H3;2*1-2H3. The van der Waals surface area contributed by atoms with Crippen LogP contribution in [0.2, 0.25) is 0 Å². The van der Waals surface area contributed by atoms with Gasteiger partial charge in [-0.25, -0.2) is 0 Å².